The maximum Gasteiger partial charge on any atom is 0.269 e. The summed E-state index contributed by atoms with van der Waals surface area (Å²) in [5, 5.41) is 13.9. The maximum atomic E-state index is 13.1. The summed E-state index contributed by atoms with van der Waals surface area (Å²) in [5.41, 5.74) is 4.73. The summed E-state index contributed by atoms with van der Waals surface area (Å²) < 4.78 is 0. The summed E-state index contributed by atoms with van der Waals surface area (Å²) in [6, 6.07) is 21.3. The molecule has 28 heavy (non-hydrogen) atoms. The lowest BCUT2D eigenvalue weighted by molar-refractivity contribution is -0.384. The van der Waals surface area contributed by atoms with Gasteiger partial charge in [0.05, 0.1) is 4.92 Å². The van der Waals surface area contributed by atoms with E-state index in [0.29, 0.717) is 11.1 Å². The van der Waals surface area contributed by atoms with Crippen LogP contribution in [0.3, 0.4) is 0 Å². The average Bonchev–Trinajstić information content (AvgIpc) is 2.70. The van der Waals surface area contributed by atoms with Crippen molar-refractivity contribution >= 4 is 28.9 Å². The van der Waals surface area contributed by atoms with Gasteiger partial charge in [-0.25, -0.2) is 0 Å². The molecule has 0 fully saturated rings. The molecule has 0 atom stereocenters. The molecule has 0 saturated carbocycles. The highest BCUT2D eigenvalue weighted by atomic mass is 16.6. The Labute approximate surface area is 163 Å². The van der Waals surface area contributed by atoms with E-state index in [9.17, 15) is 14.9 Å². The van der Waals surface area contributed by atoms with Gasteiger partial charge in [0.25, 0.3) is 11.6 Å². The monoisotopic (exact) mass is 372 g/mol. The van der Waals surface area contributed by atoms with E-state index in [0.717, 1.165) is 22.4 Å². The standard InChI is InChI=1S/C23H20N2O3/c1-16-7-6-8-17(2)22(16)24-23(26)21(19-9-4-3-5-10-19)15-18-11-13-20(14-12-18)25(27)28/h3-15H,1-2H3,(H,24,26)/b21-15+. The number of non-ortho nitro benzene ring substituents is 1. The predicted molar refractivity (Wildman–Crippen MR) is 112 cm³/mol. The highest BCUT2D eigenvalue weighted by molar-refractivity contribution is 6.29. The lowest BCUT2D eigenvalue weighted by Crippen LogP contribution is -2.15. The van der Waals surface area contributed by atoms with Crippen LogP contribution < -0.4 is 5.32 Å². The number of carbonyl (C=O) groups excluding carboxylic acids is 1. The van der Waals surface area contributed by atoms with Gasteiger partial charge in [-0.1, -0.05) is 48.5 Å². The Morgan fingerprint density at radius 1 is 0.893 bits per heavy atom. The maximum absolute atomic E-state index is 13.1. The molecule has 3 aromatic rings. The Morgan fingerprint density at radius 3 is 2.07 bits per heavy atom. The fourth-order valence-electron chi connectivity index (χ4n) is 2.95. The second-order valence-electron chi connectivity index (χ2n) is 6.49. The van der Waals surface area contributed by atoms with E-state index in [1.54, 1.807) is 18.2 Å². The number of hydrogen-bond donors (Lipinski definition) is 1. The number of rotatable bonds is 5. The van der Waals surface area contributed by atoms with Gasteiger partial charge in [-0.15, -0.1) is 0 Å². The van der Waals surface area contributed by atoms with E-state index < -0.39 is 4.92 Å². The number of hydrogen-bond acceptors (Lipinski definition) is 3. The van der Waals surface area contributed by atoms with Gasteiger partial charge in [0.2, 0.25) is 0 Å². The minimum Gasteiger partial charge on any atom is -0.321 e. The molecule has 1 amide bonds. The van der Waals surface area contributed by atoms with Crippen LogP contribution >= 0.6 is 0 Å². The lowest BCUT2D eigenvalue weighted by Gasteiger charge is -2.14. The minimum atomic E-state index is -0.445. The predicted octanol–water partition coefficient (Wildman–Crippen LogP) is 5.39. The van der Waals surface area contributed by atoms with Crippen molar-refractivity contribution in [2.24, 2.45) is 0 Å². The molecule has 0 aliphatic carbocycles. The molecule has 3 aromatic carbocycles. The third-order valence-corrected chi connectivity index (χ3v) is 4.46. The van der Waals surface area contributed by atoms with Crippen LogP contribution in [0.2, 0.25) is 0 Å². The lowest BCUT2D eigenvalue weighted by atomic mass is 10.0. The largest absolute Gasteiger partial charge is 0.321 e. The second-order valence-corrected chi connectivity index (χ2v) is 6.49. The van der Waals surface area contributed by atoms with Crippen molar-refractivity contribution in [3.63, 3.8) is 0 Å². The summed E-state index contributed by atoms with van der Waals surface area (Å²) >= 11 is 0. The van der Waals surface area contributed by atoms with Crippen LogP contribution in [-0.4, -0.2) is 10.8 Å². The number of nitrogens with zero attached hydrogens (tertiary/aromatic N) is 1. The molecule has 0 bridgehead atoms. The van der Waals surface area contributed by atoms with Crippen molar-refractivity contribution in [2.45, 2.75) is 13.8 Å². The average molecular weight is 372 g/mol. The van der Waals surface area contributed by atoms with E-state index in [1.807, 2.05) is 62.4 Å². The number of anilines is 1. The summed E-state index contributed by atoms with van der Waals surface area (Å²) in [6.45, 7) is 3.90. The van der Waals surface area contributed by atoms with Gasteiger partial charge < -0.3 is 5.32 Å². The number of amides is 1. The quantitative estimate of drug-likeness (QED) is 0.282. The van der Waals surface area contributed by atoms with Crippen molar-refractivity contribution in [3.05, 3.63) is 105 Å². The first-order chi connectivity index (χ1) is 13.5. The van der Waals surface area contributed by atoms with Crippen LogP contribution in [0.4, 0.5) is 11.4 Å². The Kier molecular flexibility index (Phi) is 5.65. The van der Waals surface area contributed by atoms with Gasteiger partial charge in [-0.2, -0.15) is 0 Å². The van der Waals surface area contributed by atoms with Crippen molar-refractivity contribution < 1.29 is 9.72 Å². The number of aryl methyl sites for hydroxylation is 2. The fourth-order valence-corrected chi connectivity index (χ4v) is 2.95. The summed E-state index contributed by atoms with van der Waals surface area (Å²) in [7, 11) is 0. The number of nitro groups is 1. The third kappa shape index (κ3) is 4.32. The Bertz CT molecular complexity index is 1020. The first-order valence-electron chi connectivity index (χ1n) is 8.85. The zero-order valence-corrected chi connectivity index (χ0v) is 15.7. The van der Waals surface area contributed by atoms with Crippen LogP contribution in [0.1, 0.15) is 22.3 Å². The molecule has 140 valence electrons. The Morgan fingerprint density at radius 2 is 1.50 bits per heavy atom. The van der Waals surface area contributed by atoms with Gasteiger partial charge in [-0.3, -0.25) is 14.9 Å². The Balaban J connectivity index is 2.00. The van der Waals surface area contributed by atoms with Crippen molar-refractivity contribution in [3.8, 4) is 0 Å². The first kappa shape index (κ1) is 19.0. The normalized spacial score (nSPS) is 11.1. The molecule has 5 nitrogen and oxygen atoms in total. The first-order valence-corrected chi connectivity index (χ1v) is 8.85. The van der Waals surface area contributed by atoms with Crippen LogP contribution in [0.15, 0.2) is 72.8 Å². The van der Waals surface area contributed by atoms with E-state index in [4.69, 9.17) is 0 Å². The van der Waals surface area contributed by atoms with Gasteiger partial charge >= 0.3 is 0 Å². The second kappa shape index (κ2) is 8.31. The minimum absolute atomic E-state index is 0.0124. The molecule has 0 aliphatic rings. The summed E-state index contributed by atoms with van der Waals surface area (Å²) in [6.07, 6.45) is 1.74. The molecular formula is C23H20N2O3. The number of nitro benzene ring substituents is 1. The molecule has 0 heterocycles. The summed E-state index contributed by atoms with van der Waals surface area (Å²) in [5.74, 6) is -0.234. The van der Waals surface area contributed by atoms with Gasteiger partial charge in [-0.05, 0) is 54.3 Å². The van der Waals surface area contributed by atoms with Crippen LogP contribution in [-0.2, 0) is 4.79 Å². The zero-order valence-electron chi connectivity index (χ0n) is 15.7. The van der Waals surface area contributed by atoms with Crippen LogP contribution in [0, 0.1) is 24.0 Å². The molecule has 0 saturated heterocycles. The van der Waals surface area contributed by atoms with Gasteiger partial charge in [0.15, 0.2) is 0 Å². The zero-order chi connectivity index (χ0) is 20.1. The molecular weight excluding hydrogens is 352 g/mol. The molecule has 1 N–H and O–H groups in total. The van der Waals surface area contributed by atoms with E-state index in [2.05, 4.69) is 5.32 Å². The van der Waals surface area contributed by atoms with Gasteiger partial charge in [0, 0.05) is 23.4 Å². The van der Waals surface area contributed by atoms with Crippen LogP contribution in [0.25, 0.3) is 11.6 Å². The molecule has 5 heteroatoms. The smallest absolute Gasteiger partial charge is 0.269 e. The van der Waals surface area contributed by atoms with E-state index in [-0.39, 0.29) is 11.6 Å². The molecule has 0 unspecified atom stereocenters. The number of carbonyl (C=O) groups is 1. The number of benzene rings is 3. The van der Waals surface area contributed by atoms with Crippen molar-refractivity contribution in [2.75, 3.05) is 5.32 Å². The molecule has 0 aliphatic heterocycles. The molecule has 0 aromatic heterocycles. The summed E-state index contributed by atoms with van der Waals surface area (Å²) in [4.78, 5) is 23.5. The number of nitrogens with one attached hydrogen (secondary N) is 1. The molecule has 0 radical (unpaired) electrons. The number of para-hydroxylation sites is 1. The highest BCUT2D eigenvalue weighted by Gasteiger charge is 2.15. The SMILES string of the molecule is Cc1cccc(C)c1NC(=O)/C(=C/c1ccc([N+](=O)[O-])cc1)c1ccccc1. The Hall–Kier alpha value is -3.73. The molecule has 3 rings (SSSR count). The van der Waals surface area contributed by atoms with E-state index in [1.165, 1.54) is 12.1 Å². The highest BCUT2D eigenvalue weighted by Crippen LogP contribution is 2.25. The molecule has 0 spiro atoms. The van der Waals surface area contributed by atoms with Gasteiger partial charge in [0.1, 0.15) is 0 Å². The third-order valence-electron chi connectivity index (χ3n) is 4.46. The fraction of sp³-hybridized carbons (Fsp3) is 0.0870. The van der Waals surface area contributed by atoms with Crippen molar-refractivity contribution in [1.29, 1.82) is 0 Å². The van der Waals surface area contributed by atoms with Crippen LogP contribution in [0.5, 0.6) is 0 Å². The van der Waals surface area contributed by atoms with E-state index >= 15 is 0 Å². The van der Waals surface area contributed by atoms with Crippen molar-refractivity contribution in [1.82, 2.24) is 0 Å². The topological polar surface area (TPSA) is 72.2 Å².